The van der Waals surface area contributed by atoms with E-state index in [9.17, 15) is 9.59 Å². The summed E-state index contributed by atoms with van der Waals surface area (Å²) in [5.74, 6) is 0.648. The van der Waals surface area contributed by atoms with Crippen LogP contribution in [0, 0.1) is 5.92 Å². The van der Waals surface area contributed by atoms with Crippen LogP contribution in [-0.2, 0) is 21.6 Å². The maximum Gasteiger partial charge on any atom is 0.325 e. The number of urea groups is 1. The molecule has 3 fully saturated rings. The number of pyridine rings is 1. The number of methoxy groups -OCH3 is 1. The zero-order valence-corrected chi connectivity index (χ0v) is 19.6. The molecule has 180 valence electrons. The van der Waals surface area contributed by atoms with Crippen LogP contribution in [0.1, 0.15) is 36.9 Å². The van der Waals surface area contributed by atoms with Crippen molar-refractivity contribution in [1.29, 1.82) is 0 Å². The quantitative estimate of drug-likeness (QED) is 0.635. The van der Waals surface area contributed by atoms with Crippen molar-refractivity contribution in [2.75, 3.05) is 33.4 Å². The first-order valence-electron chi connectivity index (χ1n) is 12.1. The summed E-state index contributed by atoms with van der Waals surface area (Å²) in [4.78, 5) is 35.2. The number of benzene rings is 1. The molecule has 2 atom stereocenters. The van der Waals surface area contributed by atoms with Crippen molar-refractivity contribution in [2.24, 2.45) is 5.92 Å². The van der Waals surface area contributed by atoms with Crippen LogP contribution in [0.3, 0.4) is 0 Å². The summed E-state index contributed by atoms with van der Waals surface area (Å²) < 4.78 is 11.2. The molecule has 3 aliphatic heterocycles. The molecule has 8 heteroatoms. The van der Waals surface area contributed by atoms with Crippen molar-refractivity contribution in [3.05, 3.63) is 59.9 Å². The van der Waals surface area contributed by atoms with Crippen LogP contribution in [0.5, 0.6) is 5.75 Å². The van der Waals surface area contributed by atoms with Gasteiger partial charge in [0, 0.05) is 24.9 Å². The number of nitrogens with one attached hydrogen (secondary N) is 1. The molecule has 0 aliphatic carbocycles. The highest BCUT2D eigenvalue weighted by molar-refractivity contribution is 6.07. The van der Waals surface area contributed by atoms with Crippen LogP contribution in [0.15, 0.2) is 48.7 Å². The molecule has 3 aliphatic rings. The third kappa shape index (κ3) is 4.16. The fourth-order valence-corrected chi connectivity index (χ4v) is 5.61. The number of hydrogen-bond donors (Lipinski definition) is 1. The maximum absolute atomic E-state index is 13.9. The van der Waals surface area contributed by atoms with Gasteiger partial charge in [0.25, 0.3) is 5.91 Å². The third-order valence-corrected chi connectivity index (χ3v) is 7.40. The first-order valence-corrected chi connectivity index (χ1v) is 12.1. The minimum atomic E-state index is -1.13. The molecule has 0 saturated carbocycles. The van der Waals surface area contributed by atoms with Crippen LogP contribution in [0.4, 0.5) is 4.79 Å². The molecule has 4 heterocycles. The molecule has 0 spiro atoms. The van der Waals surface area contributed by atoms with Gasteiger partial charge in [0.2, 0.25) is 0 Å². The number of ether oxygens (including phenoxy) is 2. The Hall–Kier alpha value is -2.97. The van der Waals surface area contributed by atoms with E-state index in [2.05, 4.69) is 21.3 Å². The lowest BCUT2D eigenvalue weighted by atomic mass is 9.75. The number of rotatable bonds is 7. The Morgan fingerprint density at radius 2 is 1.91 bits per heavy atom. The van der Waals surface area contributed by atoms with Crippen molar-refractivity contribution in [3.63, 3.8) is 0 Å². The predicted octanol–water partition coefficient (Wildman–Crippen LogP) is 2.93. The standard InChI is InChI=1S/C26H32N4O4/c1-33-22-9-3-2-7-19(22)17-29-14-11-20(12-15-29)26(23-10-4-5-13-27-23)24(31)30(25(32)28-26)18-21-8-6-16-34-21/h2-5,7,9-10,13,20-21H,6,8,11-12,14-18H2,1H3,(H,28,32)/t21-,26-/m1/s1. The number of imide groups is 1. The number of aromatic nitrogens is 1. The smallest absolute Gasteiger partial charge is 0.325 e. The van der Waals surface area contributed by atoms with Crippen molar-refractivity contribution >= 4 is 11.9 Å². The summed E-state index contributed by atoms with van der Waals surface area (Å²) in [6, 6.07) is 13.3. The summed E-state index contributed by atoms with van der Waals surface area (Å²) in [6.07, 6.45) is 5.00. The molecule has 0 bridgehead atoms. The lowest BCUT2D eigenvalue weighted by Crippen LogP contribution is -2.54. The Labute approximate surface area is 200 Å². The topological polar surface area (TPSA) is 84.0 Å². The van der Waals surface area contributed by atoms with E-state index in [0.717, 1.165) is 56.6 Å². The van der Waals surface area contributed by atoms with Gasteiger partial charge in [0.05, 0.1) is 25.5 Å². The molecule has 1 aromatic heterocycles. The second-order valence-corrected chi connectivity index (χ2v) is 9.37. The summed E-state index contributed by atoms with van der Waals surface area (Å²) in [5, 5.41) is 3.09. The highest BCUT2D eigenvalue weighted by Gasteiger charge is 2.58. The summed E-state index contributed by atoms with van der Waals surface area (Å²) in [5.41, 5.74) is 0.634. The van der Waals surface area contributed by atoms with E-state index >= 15 is 0 Å². The lowest BCUT2D eigenvalue weighted by molar-refractivity contribution is -0.135. The van der Waals surface area contributed by atoms with Crippen LogP contribution >= 0.6 is 0 Å². The van der Waals surface area contributed by atoms with Gasteiger partial charge in [-0.15, -0.1) is 0 Å². The van der Waals surface area contributed by atoms with Crippen molar-refractivity contribution in [1.82, 2.24) is 20.1 Å². The highest BCUT2D eigenvalue weighted by Crippen LogP contribution is 2.41. The Morgan fingerprint density at radius 1 is 1.12 bits per heavy atom. The molecular weight excluding hydrogens is 432 g/mol. The Kier molecular flexibility index (Phi) is 6.52. The summed E-state index contributed by atoms with van der Waals surface area (Å²) >= 11 is 0. The van der Waals surface area contributed by atoms with Gasteiger partial charge in [-0.3, -0.25) is 19.6 Å². The van der Waals surface area contributed by atoms with E-state index in [1.54, 1.807) is 13.3 Å². The molecule has 3 saturated heterocycles. The van der Waals surface area contributed by atoms with Crippen LogP contribution in [0.2, 0.25) is 0 Å². The second-order valence-electron chi connectivity index (χ2n) is 9.37. The molecule has 3 amide bonds. The minimum absolute atomic E-state index is 0.0396. The molecule has 8 nitrogen and oxygen atoms in total. The zero-order valence-electron chi connectivity index (χ0n) is 19.6. The average molecular weight is 465 g/mol. The van der Waals surface area contributed by atoms with Crippen molar-refractivity contribution < 1.29 is 19.1 Å². The van der Waals surface area contributed by atoms with Gasteiger partial charge in [0.1, 0.15) is 5.75 Å². The Balaban J connectivity index is 1.35. The van der Waals surface area contributed by atoms with Gasteiger partial charge in [0.15, 0.2) is 5.54 Å². The second kappa shape index (κ2) is 9.72. The van der Waals surface area contributed by atoms with Gasteiger partial charge in [-0.25, -0.2) is 4.79 Å². The van der Waals surface area contributed by atoms with Crippen LogP contribution in [0.25, 0.3) is 0 Å². The number of para-hydroxylation sites is 1. The predicted molar refractivity (Wildman–Crippen MR) is 126 cm³/mol. The average Bonchev–Trinajstić information content (AvgIpc) is 3.48. The fourth-order valence-electron chi connectivity index (χ4n) is 5.61. The molecule has 1 N–H and O–H groups in total. The van der Waals surface area contributed by atoms with Gasteiger partial charge >= 0.3 is 6.03 Å². The van der Waals surface area contributed by atoms with Crippen molar-refractivity contribution in [3.8, 4) is 5.75 Å². The normalized spacial score (nSPS) is 26.1. The van der Waals surface area contributed by atoms with Crippen molar-refractivity contribution in [2.45, 2.75) is 43.9 Å². The largest absolute Gasteiger partial charge is 0.496 e. The third-order valence-electron chi connectivity index (χ3n) is 7.40. The van der Waals surface area contributed by atoms with Gasteiger partial charge in [-0.05, 0) is 62.9 Å². The molecule has 0 radical (unpaired) electrons. The number of piperidine rings is 1. The van der Waals surface area contributed by atoms with E-state index in [0.29, 0.717) is 18.8 Å². The first-order chi connectivity index (χ1) is 16.6. The van der Waals surface area contributed by atoms with E-state index < -0.39 is 5.54 Å². The number of carbonyl (C=O) groups excluding carboxylic acids is 2. The van der Waals surface area contributed by atoms with E-state index in [-0.39, 0.29) is 24.0 Å². The monoisotopic (exact) mass is 464 g/mol. The molecule has 5 rings (SSSR count). The van der Waals surface area contributed by atoms with Crippen LogP contribution in [-0.4, -0.2) is 66.2 Å². The van der Waals surface area contributed by atoms with Gasteiger partial charge < -0.3 is 14.8 Å². The number of carbonyl (C=O) groups is 2. The number of hydrogen-bond acceptors (Lipinski definition) is 6. The first kappa shape index (κ1) is 22.8. The summed E-state index contributed by atoms with van der Waals surface area (Å²) in [7, 11) is 1.69. The molecular formula is C26H32N4O4. The molecule has 0 unspecified atom stereocenters. The fraction of sp³-hybridized carbons (Fsp3) is 0.500. The Bertz CT molecular complexity index is 1020. The number of nitrogens with zero attached hydrogens (tertiary/aromatic N) is 3. The van der Waals surface area contributed by atoms with Gasteiger partial charge in [-0.1, -0.05) is 24.3 Å². The lowest BCUT2D eigenvalue weighted by Gasteiger charge is -2.40. The van der Waals surface area contributed by atoms with E-state index in [4.69, 9.17) is 9.47 Å². The maximum atomic E-state index is 13.9. The molecule has 2 aromatic rings. The van der Waals surface area contributed by atoms with E-state index in [1.807, 2.05) is 36.4 Å². The minimum Gasteiger partial charge on any atom is -0.496 e. The zero-order chi connectivity index (χ0) is 23.5. The van der Waals surface area contributed by atoms with E-state index in [1.165, 1.54) is 4.90 Å². The SMILES string of the molecule is COc1ccccc1CN1CCC([C@]2(c3ccccn3)NC(=O)N(C[C@H]3CCCO3)C2=O)CC1. The van der Waals surface area contributed by atoms with Crippen LogP contribution < -0.4 is 10.1 Å². The highest BCUT2D eigenvalue weighted by atomic mass is 16.5. The molecule has 1 aromatic carbocycles. The molecule has 34 heavy (non-hydrogen) atoms. The van der Waals surface area contributed by atoms with Gasteiger partial charge in [-0.2, -0.15) is 0 Å². The summed E-state index contributed by atoms with van der Waals surface area (Å²) in [6.45, 7) is 3.42. The number of amides is 3. The Morgan fingerprint density at radius 3 is 2.62 bits per heavy atom. The number of likely N-dealkylation sites (tertiary alicyclic amines) is 1.